The minimum atomic E-state index is -0.845. The van der Waals surface area contributed by atoms with Crippen LogP contribution in [0.5, 0.6) is 0 Å². The van der Waals surface area contributed by atoms with Gasteiger partial charge < -0.3 is 15.4 Å². The van der Waals surface area contributed by atoms with Crippen LogP contribution in [0.3, 0.4) is 0 Å². The molecular weight excluding hydrogens is 372 g/mol. The molecular formula is C21H18N4O4. The van der Waals surface area contributed by atoms with E-state index in [-0.39, 0.29) is 17.9 Å². The zero-order valence-corrected chi connectivity index (χ0v) is 15.6. The summed E-state index contributed by atoms with van der Waals surface area (Å²) in [6.07, 6.45) is 1.56. The second-order valence-electron chi connectivity index (χ2n) is 6.51. The highest BCUT2D eigenvalue weighted by Gasteiger charge is 2.33. The topological polar surface area (TPSA) is 102 Å². The number of amides is 2. The van der Waals surface area contributed by atoms with Gasteiger partial charge in [0, 0.05) is 5.56 Å². The van der Waals surface area contributed by atoms with Crippen molar-refractivity contribution in [3.63, 3.8) is 0 Å². The molecule has 4 rings (SSSR count). The highest BCUT2D eigenvalue weighted by molar-refractivity contribution is 6.05. The molecule has 0 radical (unpaired) electrons. The Balaban J connectivity index is 1.66. The van der Waals surface area contributed by atoms with Crippen molar-refractivity contribution >= 4 is 29.3 Å². The number of para-hydroxylation sites is 1. The third kappa shape index (κ3) is 3.47. The molecule has 0 bridgehead atoms. The number of rotatable bonds is 4. The van der Waals surface area contributed by atoms with Gasteiger partial charge in [0.05, 0.1) is 31.0 Å². The van der Waals surface area contributed by atoms with Crippen LogP contribution in [-0.2, 0) is 14.3 Å². The summed E-state index contributed by atoms with van der Waals surface area (Å²) in [6.45, 7) is 0. The van der Waals surface area contributed by atoms with E-state index in [2.05, 4.69) is 15.7 Å². The van der Waals surface area contributed by atoms with Crippen LogP contribution in [0.4, 0.5) is 11.5 Å². The summed E-state index contributed by atoms with van der Waals surface area (Å²) >= 11 is 0. The van der Waals surface area contributed by atoms with E-state index >= 15 is 0 Å². The van der Waals surface area contributed by atoms with Crippen LogP contribution in [0, 0.1) is 0 Å². The van der Waals surface area contributed by atoms with Gasteiger partial charge in [-0.25, -0.2) is 9.48 Å². The molecule has 29 heavy (non-hydrogen) atoms. The van der Waals surface area contributed by atoms with Crippen molar-refractivity contribution in [1.82, 2.24) is 9.78 Å². The van der Waals surface area contributed by atoms with Gasteiger partial charge in [0.2, 0.25) is 11.8 Å². The first-order valence-corrected chi connectivity index (χ1v) is 8.99. The Morgan fingerprint density at radius 2 is 1.86 bits per heavy atom. The number of nitrogens with zero attached hydrogens (tertiary/aromatic N) is 2. The lowest BCUT2D eigenvalue weighted by atomic mass is 10.1. The molecule has 0 spiro atoms. The second kappa shape index (κ2) is 7.59. The summed E-state index contributed by atoms with van der Waals surface area (Å²) in [6, 6.07) is 15.2. The molecule has 2 amide bonds. The molecule has 8 nitrogen and oxygen atoms in total. The third-order valence-corrected chi connectivity index (χ3v) is 4.70. The maximum absolute atomic E-state index is 13.0. The van der Waals surface area contributed by atoms with Gasteiger partial charge in [-0.15, -0.1) is 0 Å². The number of methoxy groups -OCH3 is 1. The number of hydrogen-bond acceptors (Lipinski definition) is 5. The number of nitrogens with one attached hydrogen (secondary N) is 2. The molecule has 1 aromatic heterocycles. The zero-order chi connectivity index (χ0) is 20.4. The lowest BCUT2D eigenvalue weighted by molar-refractivity contribution is -0.125. The second-order valence-corrected chi connectivity index (χ2v) is 6.51. The zero-order valence-electron chi connectivity index (χ0n) is 15.6. The van der Waals surface area contributed by atoms with E-state index in [9.17, 15) is 14.4 Å². The fourth-order valence-electron chi connectivity index (χ4n) is 3.30. The Bertz CT molecular complexity index is 1090. The van der Waals surface area contributed by atoms with Crippen molar-refractivity contribution in [2.24, 2.45) is 0 Å². The average Bonchev–Trinajstić information content (AvgIpc) is 3.17. The smallest absolute Gasteiger partial charge is 0.339 e. The number of aromatic nitrogens is 2. The van der Waals surface area contributed by atoms with Gasteiger partial charge in [0.15, 0.2) is 0 Å². The third-order valence-electron chi connectivity index (χ3n) is 4.70. The van der Waals surface area contributed by atoms with Gasteiger partial charge in [-0.2, -0.15) is 5.10 Å². The molecule has 1 atom stereocenters. The van der Waals surface area contributed by atoms with Crippen molar-refractivity contribution in [2.45, 2.75) is 12.5 Å². The van der Waals surface area contributed by atoms with E-state index in [1.165, 1.54) is 11.8 Å². The highest BCUT2D eigenvalue weighted by atomic mass is 16.5. The number of carbonyl (C=O) groups excluding carboxylic acids is 3. The van der Waals surface area contributed by atoms with E-state index < -0.39 is 17.9 Å². The van der Waals surface area contributed by atoms with Crippen LogP contribution in [0.1, 0.15) is 22.8 Å². The summed E-state index contributed by atoms with van der Waals surface area (Å²) in [5.74, 6) is -0.820. The van der Waals surface area contributed by atoms with E-state index in [0.29, 0.717) is 11.5 Å². The first-order valence-electron chi connectivity index (χ1n) is 8.99. The van der Waals surface area contributed by atoms with Crippen molar-refractivity contribution in [1.29, 1.82) is 0 Å². The number of esters is 1. The van der Waals surface area contributed by atoms with Crippen molar-refractivity contribution in [3.05, 3.63) is 66.4 Å². The summed E-state index contributed by atoms with van der Waals surface area (Å²) in [5.41, 5.74) is 2.15. The minimum Gasteiger partial charge on any atom is -0.465 e. The number of anilines is 2. The largest absolute Gasteiger partial charge is 0.465 e. The predicted molar refractivity (Wildman–Crippen MR) is 106 cm³/mol. The molecule has 1 aliphatic rings. The Kier molecular flexibility index (Phi) is 4.82. The number of benzene rings is 2. The number of carbonyl (C=O) groups is 3. The fourth-order valence-corrected chi connectivity index (χ4v) is 3.30. The van der Waals surface area contributed by atoms with Crippen LogP contribution in [0.15, 0.2) is 60.8 Å². The molecule has 0 unspecified atom stereocenters. The number of hydrogen-bond donors (Lipinski definition) is 2. The van der Waals surface area contributed by atoms with Crippen molar-refractivity contribution in [2.75, 3.05) is 17.7 Å². The van der Waals surface area contributed by atoms with E-state index in [1.807, 2.05) is 30.3 Å². The maximum Gasteiger partial charge on any atom is 0.339 e. The molecule has 3 aromatic rings. The molecule has 146 valence electrons. The lowest BCUT2D eigenvalue weighted by Gasteiger charge is -2.25. The van der Waals surface area contributed by atoms with Gasteiger partial charge in [-0.1, -0.05) is 42.5 Å². The number of fused-ring (bicyclic) bond motifs is 1. The summed E-state index contributed by atoms with van der Waals surface area (Å²) < 4.78 is 6.26. The molecule has 1 aliphatic heterocycles. The summed E-state index contributed by atoms with van der Waals surface area (Å²) in [7, 11) is 1.27. The molecule has 2 N–H and O–H groups in total. The predicted octanol–water partition coefficient (Wildman–Crippen LogP) is 2.86. The van der Waals surface area contributed by atoms with Gasteiger partial charge >= 0.3 is 5.97 Å². The maximum atomic E-state index is 13.0. The Morgan fingerprint density at radius 1 is 1.14 bits per heavy atom. The van der Waals surface area contributed by atoms with Crippen LogP contribution in [-0.4, -0.2) is 34.7 Å². The molecule has 0 saturated heterocycles. The van der Waals surface area contributed by atoms with Crippen LogP contribution in [0.25, 0.3) is 11.1 Å². The SMILES string of the molecule is COC(=O)c1ccccc1NC(=O)[C@@H]1CC(=O)Nc2c(-c3ccccc3)cnn21. The van der Waals surface area contributed by atoms with Crippen molar-refractivity contribution < 1.29 is 19.1 Å². The molecule has 0 saturated carbocycles. The lowest BCUT2D eigenvalue weighted by Crippen LogP contribution is -2.36. The monoisotopic (exact) mass is 390 g/mol. The Morgan fingerprint density at radius 3 is 2.62 bits per heavy atom. The quantitative estimate of drug-likeness (QED) is 0.667. The van der Waals surface area contributed by atoms with Crippen LogP contribution < -0.4 is 10.6 Å². The van der Waals surface area contributed by atoms with E-state index in [1.54, 1.807) is 30.5 Å². The minimum absolute atomic E-state index is 0.0604. The molecule has 2 heterocycles. The van der Waals surface area contributed by atoms with E-state index in [0.717, 1.165) is 11.1 Å². The average molecular weight is 390 g/mol. The molecule has 0 fully saturated rings. The van der Waals surface area contributed by atoms with Gasteiger partial charge in [0.1, 0.15) is 11.9 Å². The number of ether oxygens (including phenoxy) is 1. The highest BCUT2D eigenvalue weighted by Crippen LogP contribution is 2.34. The van der Waals surface area contributed by atoms with E-state index in [4.69, 9.17) is 4.74 Å². The fraction of sp³-hybridized carbons (Fsp3) is 0.143. The standard InChI is InChI=1S/C21H18N4O4/c1-29-21(28)14-9-5-6-10-16(14)23-20(27)17-11-18(26)24-19-15(12-22-25(17)19)13-7-3-2-4-8-13/h2-10,12,17H,11H2,1H3,(H,23,27)(H,24,26)/t17-/m0/s1. The van der Waals surface area contributed by atoms with Crippen molar-refractivity contribution in [3.8, 4) is 11.1 Å². The first-order chi connectivity index (χ1) is 14.1. The van der Waals surface area contributed by atoms with Crippen LogP contribution in [0.2, 0.25) is 0 Å². The van der Waals surface area contributed by atoms with Gasteiger partial charge in [-0.05, 0) is 17.7 Å². The Hall–Kier alpha value is -3.94. The Labute approximate surface area is 166 Å². The molecule has 0 aliphatic carbocycles. The van der Waals surface area contributed by atoms with Crippen LogP contribution >= 0.6 is 0 Å². The summed E-state index contributed by atoms with van der Waals surface area (Å²) in [5, 5.41) is 9.86. The molecule has 2 aromatic carbocycles. The molecule has 8 heteroatoms. The first kappa shape index (κ1) is 18.4. The summed E-state index contributed by atoms with van der Waals surface area (Å²) in [4.78, 5) is 37.2. The normalized spacial score (nSPS) is 15.2. The van der Waals surface area contributed by atoms with Gasteiger partial charge in [0.25, 0.3) is 0 Å². The van der Waals surface area contributed by atoms with Gasteiger partial charge in [-0.3, -0.25) is 9.59 Å².